The second-order valence-electron chi connectivity index (χ2n) is 5.93. The standard InChI is InChI=1S/C16H14N2O.C6H10O3/c1-11-3-5-13(6-4-11)14-7-9-15(10-8-14)16-18-17-12(2)19-16;1-3-6(7)9-5-4-8-2/h3-10H,1-2H3;3H,1,4-5H2,2H3. The topological polar surface area (TPSA) is 74.5 Å². The number of benzene rings is 2. The molecule has 0 aliphatic heterocycles. The maximum atomic E-state index is 10.3. The van der Waals surface area contributed by atoms with Crippen molar-refractivity contribution in [3.63, 3.8) is 0 Å². The van der Waals surface area contributed by atoms with Crippen molar-refractivity contribution in [3.8, 4) is 22.6 Å². The highest BCUT2D eigenvalue weighted by Crippen LogP contribution is 2.24. The Bertz CT molecular complexity index is 884. The number of carbonyl (C=O) groups is 1. The zero-order valence-corrected chi connectivity index (χ0v) is 16.3. The van der Waals surface area contributed by atoms with Gasteiger partial charge in [0.1, 0.15) is 6.61 Å². The van der Waals surface area contributed by atoms with Crippen LogP contribution >= 0.6 is 0 Å². The minimum absolute atomic E-state index is 0.293. The number of nitrogens with zero attached hydrogens (tertiary/aromatic N) is 2. The van der Waals surface area contributed by atoms with Crippen LogP contribution in [-0.2, 0) is 14.3 Å². The largest absolute Gasteiger partial charge is 0.460 e. The number of hydrogen-bond acceptors (Lipinski definition) is 6. The fourth-order valence-electron chi connectivity index (χ4n) is 2.25. The summed E-state index contributed by atoms with van der Waals surface area (Å²) < 4.78 is 14.6. The van der Waals surface area contributed by atoms with Gasteiger partial charge in [0.05, 0.1) is 6.61 Å². The van der Waals surface area contributed by atoms with Crippen molar-refractivity contribution in [2.45, 2.75) is 13.8 Å². The highest BCUT2D eigenvalue weighted by molar-refractivity contribution is 5.81. The van der Waals surface area contributed by atoms with Crippen LogP contribution in [0.1, 0.15) is 11.5 Å². The maximum Gasteiger partial charge on any atom is 0.330 e. The molecule has 0 saturated heterocycles. The Hall–Kier alpha value is -3.25. The van der Waals surface area contributed by atoms with Crippen LogP contribution in [0.5, 0.6) is 0 Å². The molecule has 28 heavy (non-hydrogen) atoms. The summed E-state index contributed by atoms with van der Waals surface area (Å²) in [5.74, 6) is 0.734. The van der Waals surface area contributed by atoms with E-state index in [9.17, 15) is 4.79 Å². The fraction of sp³-hybridized carbons (Fsp3) is 0.227. The van der Waals surface area contributed by atoms with Crippen LogP contribution in [0.15, 0.2) is 65.6 Å². The van der Waals surface area contributed by atoms with Crippen LogP contribution in [0.2, 0.25) is 0 Å². The highest BCUT2D eigenvalue weighted by atomic mass is 16.6. The summed E-state index contributed by atoms with van der Waals surface area (Å²) in [6.45, 7) is 7.82. The molecular formula is C22H24N2O4. The summed E-state index contributed by atoms with van der Waals surface area (Å²) in [4.78, 5) is 10.3. The van der Waals surface area contributed by atoms with E-state index in [4.69, 9.17) is 4.42 Å². The molecule has 0 aliphatic carbocycles. The van der Waals surface area contributed by atoms with Crippen LogP contribution in [0.4, 0.5) is 0 Å². The van der Waals surface area contributed by atoms with Gasteiger partial charge in [-0.2, -0.15) is 0 Å². The van der Waals surface area contributed by atoms with E-state index in [0.29, 0.717) is 25.0 Å². The van der Waals surface area contributed by atoms with Gasteiger partial charge in [-0.05, 0) is 30.2 Å². The molecular weight excluding hydrogens is 356 g/mol. The van der Waals surface area contributed by atoms with Crippen molar-refractivity contribution in [2.24, 2.45) is 0 Å². The molecule has 0 amide bonds. The average molecular weight is 380 g/mol. The Balaban J connectivity index is 0.000000266. The number of aryl methyl sites for hydroxylation is 2. The zero-order valence-electron chi connectivity index (χ0n) is 16.3. The summed E-state index contributed by atoms with van der Waals surface area (Å²) >= 11 is 0. The van der Waals surface area contributed by atoms with E-state index in [1.165, 1.54) is 16.7 Å². The number of ether oxygens (including phenoxy) is 2. The molecule has 0 unspecified atom stereocenters. The lowest BCUT2D eigenvalue weighted by Crippen LogP contribution is -2.06. The summed E-state index contributed by atoms with van der Waals surface area (Å²) in [5, 5.41) is 7.85. The molecule has 2 aromatic carbocycles. The Morgan fingerprint density at radius 2 is 1.54 bits per heavy atom. The lowest BCUT2D eigenvalue weighted by molar-refractivity contribution is -0.138. The molecule has 6 nitrogen and oxygen atoms in total. The molecule has 0 atom stereocenters. The molecule has 0 fully saturated rings. The normalized spacial score (nSPS) is 9.96. The van der Waals surface area contributed by atoms with E-state index in [2.05, 4.69) is 69.6 Å². The van der Waals surface area contributed by atoms with Crippen molar-refractivity contribution in [1.82, 2.24) is 10.2 Å². The van der Waals surface area contributed by atoms with E-state index < -0.39 is 5.97 Å². The molecule has 3 rings (SSSR count). The molecule has 0 aliphatic rings. The molecule has 0 saturated carbocycles. The van der Waals surface area contributed by atoms with Crippen LogP contribution < -0.4 is 0 Å². The first-order valence-corrected chi connectivity index (χ1v) is 8.79. The van der Waals surface area contributed by atoms with Gasteiger partial charge in [-0.3, -0.25) is 0 Å². The third kappa shape index (κ3) is 6.48. The molecule has 6 heteroatoms. The molecule has 1 aromatic heterocycles. The molecule has 0 N–H and O–H groups in total. The summed E-state index contributed by atoms with van der Waals surface area (Å²) in [5.41, 5.74) is 4.59. The van der Waals surface area contributed by atoms with Crippen LogP contribution in [-0.4, -0.2) is 36.5 Å². The van der Waals surface area contributed by atoms with Gasteiger partial charge in [0, 0.05) is 25.7 Å². The SMILES string of the molecule is C=CC(=O)OCCOC.Cc1ccc(-c2ccc(-c3nnc(C)o3)cc2)cc1. The molecule has 146 valence electrons. The molecule has 1 heterocycles. The lowest BCUT2D eigenvalue weighted by atomic mass is 10.0. The zero-order chi connectivity index (χ0) is 20.4. The third-order valence-corrected chi connectivity index (χ3v) is 3.74. The van der Waals surface area contributed by atoms with Crippen LogP contribution in [0.3, 0.4) is 0 Å². The van der Waals surface area contributed by atoms with Crippen molar-refractivity contribution < 1.29 is 18.7 Å². The van der Waals surface area contributed by atoms with Gasteiger partial charge in [0.15, 0.2) is 0 Å². The summed E-state index contributed by atoms with van der Waals surface area (Å²) in [6.07, 6.45) is 1.12. The predicted octanol–water partition coefficient (Wildman–Crippen LogP) is 4.38. The Morgan fingerprint density at radius 3 is 2.04 bits per heavy atom. The molecule has 0 radical (unpaired) electrons. The highest BCUT2D eigenvalue weighted by Gasteiger charge is 2.06. The number of aromatic nitrogens is 2. The Kier molecular flexibility index (Phi) is 8.11. The van der Waals surface area contributed by atoms with E-state index in [1.54, 1.807) is 14.0 Å². The van der Waals surface area contributed by atoms with Gasteiger partial charge in [-0.25, -0.2) is 4.79 Å². The van der Waals surface area contributed by atoms with E-state index in [1.807, 2.05) is 12.1 Å². The van der Waals surface area contributed by atoms with Crippen molar-refractivity contribution in [2.75, 3.05) is 20.3 Å². The van der Waals surface area contributed by atoms with Crippen molar-refractivity contribution in [1.29, 1.82) is 0 Å². The second-order valence-corrected chi connectivity index (χ2v) is 5.93. The van der Waals surface area contributed by atoms with Gasteiger partial charge in [-0.1, -0.05) is 48.5 Å². The maximum absolute atomic E-state index is 10.3. The summed E-state index contributed by atoms with van der Waals surface area (Å²) in [6, 6.07) is 16.6. The number of esters is 1. The number of carbonyl (C=O) groups excluding carboxylic acids is 1. The summed E-state index contributed by atoms with van der Waals surface area (Å²) in [7, 11) is 1.54. The third-order valence-electron chi connectivity index (χ3n) is 3.74. The van der Waals surface area contributed by atoms with E-state index >= 15 is 0 Å². The van der Waals surface area contributed by atoms with E-state index in [-0.39, 0.29) is 0 Å². The predicted molar refractivity (Wildman–Crippen MR) is 108 cm³/mol. The smallest absolute Gasteiger partial charge is 0.330 e. The quantitative estimate of drug-likeness (QED) is 0.359. The Labute approximate surface area is 164 Å². The molecule has 3 aromatic rings. The van der Waals surface area contributed by atoms with Crippen LogP contribution in [0.25, 0.3) is 22.6 Å². The second kappa shape index (κ2) is 10.8. The Morgan fingerprint density at radius 1 is 0.964 bits per heavy atom. The fourth-order valence-corrected chi connectivity index (χ4v) is 2.25. The van der Waals surface area contributed by atoms with Gasteiger partial charge in [0.25, 0.3) is 0 Å². The number of methoxy groups -OCH3 is 1. The molecule has 0 bridgehead atoms. The van der Waals surface area contributed by atoms with Gasteiger partial charge >= 0.3 is 5.97 Å². The van der Waals surface area contributed by atoms with Gasteiger partial charge < -0.3 is 13.9 Å². The molecule has 0 spiro atoms. The minimum atomic E-state index is -0.410. The number of rotatable bonds is 6. The lowest BCUT2D eigenvalue weighted by Gasteiger charge is -2.03. The first kappa shape index (κ1) is 21.1. The number of hydrogen-bond donors (Lipinski definition) is 0. The first-order chi connectivity index (χ1) is 13.5. The average Bonchev–Trinajstić information content (AvgIpc) is 3.15. The van der Waals surface area contributed by atoms with Crippen LogP contribution in [0, 0.1) is 13.8 Å². The van der Waals surface area contributed by atoms with Crippen molar-refractivity contribution >= 4 is 5.97 Å². The van der Waals surface area contributed by atoms with Gasteiger partial charge in [0.2, 0.25) is 11.8 Å². The monoisotopic (exact) mass is 380 g/mol. The van der Waals surface area contributed by atoms with Gasteiger partial charge in [-0.15, -0.1) is 10.2 Å². The minimum Gasteiger partial charge on any atom is -0.460 e. The van der Waals surface area contributed by atoms with Crippen molar-refractivity contribution in [3.05, 3.63) is 72.6 Å². The first-order valence-electron chi connectivity index (χ1n) is 8.79. The van der Waals surface area contributed by atoms with E-state index in [0.717, 1.165) is 11.6 Å².